The molecule has 1 fully saturated rings. The summed E-state index contributed by atoms with van der Waals surface area (Å²) in [6, 6.07) is 7.45. The predicted octanol–water partition coefficient (Wildman–Crippen LogP) is 4.63. The number of hydrogen-bond acceptors (Lipinski definition) is 4. The van der Waals surface area contributed by atoms with Gasteiger partial charge < -0.3 is 9.32 Å². The molecule has 2 heterocycles. The van der Waals surface area contributed by atoms with Crippen molar-refractivity contribution in [2.45, 2.75) is 20.3 Å². The zero-order chi connectivity index (χ0) is 18.1. The van der Waals surface area contributed by atoms with Crippen LogP contribution in [0.1, 0.15) is 30.8 Å². The molecule has 2 atom stereocenters. The molecule has 0 aliphatic carbocycles. The molecule has 2 aromatic rings. The van der Waals surface area contributed by atoms with E-state index in [0.29, 0.717) is 23.2 Å². The van der Waals surface area contributed by atoms with Crippen molar-refractivity contribution in [1.29, 1.82) is 0 Å². The SMILES string of the molecule is C[C@H]1C[C@H](C)CN(C(=O)c2ccc(-c3ccc([N+](=O)[O-])cc3Cl)o2)C1. The summed E-state index contributed by atoms with van der Waals surface area (Å²) >= 11 is 6.12. The van der Waals surface area contributed by atoms with Crippen molar-refractivity contribution in [1.82, 2.24) is 4.90 Å². The van der Waals surface area contributed by atoms with E-state index in [1.165, 1.54) is 18.2 Å². The van der Waals surface area contributed by atoms with Gasteiger partial charge in [-0.25, -0.2) is 0 Å². The largest absolute Gasteiger partial charge is 0.451 e. The van der Waals surface area contributed by atoms with Gasteiger partial charge in [0.05, 0.1) is 9.95 Å². The van der Waals surface area contributed by atoms with E-state index in [2.05, 4.69) is 13.8 Å². The Bertz CT molecular complexity index is 807. The molecule has 1 aliphatic rings. The number of amides is 1. The van der Waals surface area contributed by atoms with E-state index in [9.17, 15) is 14.9 Å². The molecule has 3 rings (SSSR count). The fourth-order valence-corrected chi connectivity index (χ4v) is 3.67. The summed E-state index contributed by atoms with van der Waals surface area (Å²) in [7, 11) is 0. The Morgan fingerprint density at radius 3 is 2.52 bits per heavy atom. The van der Waals surface area contributed by atoms with Crippen LogP contribution in [0.15, 0.2) is 34.7 Å². The van der Waals surface area contributed by atoms with Crippen molar-refractivity contribution >= 4 is 23.2 Å². The van der Waals surface area contributed by atoms with Crippen molar-refractivity contribution in [2.75, 3.05) is 13.1 Å². The maximum Gasteiger partial charge on any atom is 0.289 e. The fraction of sp³-hybridized carbons (Fsp3) is 0.389. The van der Waals surface area contributed by atoms with E-state index in [0.717, 1.165) is 19.5 Å². The topological polar surface area (TPSA) is 76.6 Å². The quantitative estimate of drug-likeness (QED) is 0.589. The first-order chi connectivity index (χ1) is 11.8. The lowest BCUT2D eigenvalue weighted by molar-refractivity contribution is -0.384. The molecule has 6 nitrogen and oxygen atoms in total. The van der Waals surface area contributed by atoms with Crippen LogP contribution in [0.3, 0.4) is 0 Å². The molecule has 7 heteroatoms. The first-order valence-corrected chi connectivity index (χ1v) is 8.56. The molecule has 0 saturated carbocycles. The zero-order valence-electron chi connectivity index (χ0n) is 14.1. The molecule has 0 N–H and O–H groups in total. The minimum absolute atomic E-state index is 0.0899. The van der Waals surface area contributed by atoms with Gasteiger partial charge in [-0.1, -0.05) is 25.4 Å². The maximum atomic E-state index is 12.7. The van der Waals surface area contributed by atoms with Crippen molar-refractivity contribution in [3.63, 3.8) is 0 Å². The molecular weight excluding hydrogens is 344 g/mol. The standard InChI is InChI=1S/C18H19ClN2O4/c1-11-7-12(2)10-20(9-11)18(22)17-6-5-16(25-17)14-4-3-13(21(23)24)8-15(14)19/h3-6,8,11-12H,7,9-10H2,1-2H3/t11-,12-/m0/s1. The summed E-state index contributed by atoms with van der Waals surface area (Å²) in [6.45, 7) is 5.72. The summed E-state index contributed by atoms with van der Waals surface area (Å²) in [4.78, 5) is 24.8. The molecule has 0 bridgehead atoms. The van der Waals surface area contributed by atoms with Crippen LogP contribution in [0.25, 0.3) is 11.3 Å². The van der Waals surface area contributed by atoms with E-state index in [1.807, 2.05) is 4.90 Å². The average molecular weight is 363 g/mol. The van der Waals surface area contributed by atoms with Gasteiger partial charge in [0.25, 0.3) is 11.6 Å². The number of hydrogen-bond donors (Lipinski definition) is 0. The lowest BCUT2D eigenvalue weighted by Gasteiger charge is -2.34. The summed E-state index contributed by atoms with van der Waals surface area (Å²) in [6.07, 6.45) is 1.12. The van der Waals surface area contributed by atoms with Gasteiger partial charge in [0.15, 0.2) is 5.76 Å². The number of likely N-dealkylation sites (tertiary alicyclic amines) is 1. The van der Waals surface area contributed by atoms with Crippen LogP contribution in [0.4, 0.5) is 5.69 Å². The molecule has 1 amide bonds. The minimum atomic E-state index is -0.508. The normalized spacial score (nSPS) is 20.5. The number of piperidine rings is 1. The van der Waals surface area contributed by atoms with Crippen molar-refractivity contribution < 1.29 is 14.1 Å². The van der Waals surface area contributed by atoms with Crippen molar-refractivity contribution in [2.24, 2.45) is 11.8 Å². The van der Waals surface area contributed by atoms with Gasteiger partial charge in [0.2, 0.25) is 0 Å². The Morgan fingerprint density at radius 1 is 1.24 bits per heavy atom. The third kappa shape index (κ3) is 3.69. The van der Waals surface area contributed by atoms with E-state index in [-0.39, 0.29) is 22.4 Å². The Balaban J connectivity index is 1.83. The maximum absolute atomic E-state index is 12.7. The molecule has 1 aromatic heterocycles. The molecule has 0 unspecified atom stereocenters. The van der Waals surface area contributed by atoms with Crippen LogP contribution in [-0.4, -0.2) is 28.8 Å². The Hall–Kier alpha value is -2.34. The van der Waals surface area contributed by atoms with Gasteiger partial charge in [0, 0.05) is 30.8 Å². The highest BCUT2D eigenvalue weighted by atomic mass is 35.5. The van der Waals surface area contributed by atoms with Gasteiger partial charge in [-0.2, -0.15) is 0 Å². The second-order valence-electron chi connectivity index (χ2n) is 6.74. The molecule has 1 aromatic carbocycles. The summed E-state index contributed by atoms with van der Waals surface area (Å²) in [5.41, 5.74) is 0.430. The second kappa shape index (κ2) is 6.88. The van der Waals surface area contributed by atoms with E-state index < -0.39 is 4.92 Å². The van der Waals surface area contributed by atoms with Gasteiger partial charge in [0.1, 0.15) is 5.76 Å². The lowest BCUT2D eigenvalue weighted by Crippen LogP contribution is -2.42. The van der Waals surface area contributed by atoms with Crippen LogP contribution in [0, 0.1) is 22.0 Å². The summed E-state index contributed by atoms with van der Waals surface area (Å²) in [5, 5.41) is 11.0. The van der Waals surface area contributed by atoms with Crippen LogP contribution < -0.4 is 0 Å². The molecular formula is C18H19ClN2O4. The second-order valence-corrected chi connectivity index (χ2v) is 7.15. The third-order valence-electron chi connectivity index (χ3n) is 4.40. The Morgan fingerprint density at radius 2 is 1.92 bits per heavy atom. The Labute approximate surface area is 150 Å². The first kappa shape index (κ1) is 17.5. The number of benzene rings is 1. The van der Waals surface area contributed by atoms with Gasteiger partial charge in [-0.3, -0.25) is 14.9 Å². The zero-order valence-corrected chi connectivity index (χ0v) is 14.8. The molecule has 0 radical (unpaired) electrons. The van der Waals surface area contributed by atoms with Crippen molar-refractivity contribution in [3.8, 4) is 11.3 Å². The van der Waals surface area contributed by atoms with Crippen LogP contribution in [-0.2, 0) is 0 Å². The molecule has 25 heavy (non-hydrogen) atoms. The number of nitrogens with zero attached hydrogens (tertiary/aromatic N) is 2. The number of furan rings is 1. The molecule has 132 valence electrons. The molecule has 0 spiro atoms. The fourth-order valence-electron chi connectivity index (χ4n) is 3.40. The number of rotatable bonds is 3. The third-order valence-corrected chi connectivity index (χ3v) is 4.71. The smallest absolute Gasteiger partial charge is 0.289 e. The summed E-state index contributed by atoms with van der Waals surface area (Å²) in [5.74, 6) is 1.47. The van der Waals surface area contributed by atoms with Gasteiger partial charge >= 0.3 is 0 Å². The summed E-state index contributed by atoms with van der Waals surface area (Å²) < 4.78 is 5.69. The van der Waals surface area contributed by atoms with E-state index in [1.54, 1.807) is 12.1 Å². The highest BCUT2D eigenvalue weighted by Crippen LogP contribution is 2.33. The van der Waals surface area contributed by atoms with Gasteiger partial charge in [-0.15, -0.1) is 0 Å². The minimum Gasteiger partial charge on any atom is -0.451 e. The lowest BCUT2D eigenvalue weighted by atomic mass is 9.92. The van der Waals surface area contributed by atoms with Crippen LogP contribution in [0.2, 0.25) is 5.02 Å². The number of halogens is 1. The molecule has 1 saturated heterocycles. The van der Waals surface area contributed by atoms with Crippen molar-refractivity contribution in [3.05, 3.63) is 51.2 Å². The highest BCUT2D eigenvalue weighted by Gasteiger charge is 2.28. The van der Waals surface area contributed by atoms with E-state index >= 15 is 0 Å². The number of nitro benzene ring substituents is 1. The highest BCUT2D eigenvalue weighted by molar-refractivity contribution is 6.33. The Kier molecular flexibility index (Phi) is 4.81. The first-order valence-electron chi connectivity index (χ1n) is 8.18. The van der Waals surface area contributed by atoms with Gasteiger partial charge in [-0.05, 0) is 36.5 Å². The number of nitro groups is 1. The number of non-ortho nitro benzene ring substituents is 1. The average Bonchev–Trinajstić information content (AvgIpc) is 3.02. The van der Waals surface area contributed by atoms with E-state index in [4.69, 9.17) is 16.0 Å². The monoisotopic (exact) mass is 362 g/mol. The molecule has 1 aliphatic heterocycles. The van der Waals surface area contributed by atoms with Crippen LogP contribution >= 0.6 is 11.6 Å². The van der Waals surface area contributed by atoms with Crippen LogP contribution in [0.5, 0.6) is 0 Å². The number of carbonyl (C=O) groups excluding carboxylic acids is 1. The number of carbonyl (C=O) groups is 1. The predicted molar refractivity (Wildman–Crippen MR) is 94.7 cm³/mol.